The lowest BCUT2D eigenvalue weighted by Gasteiger charge is -2.26. The van der Waals surface area contributed by atoms with Crippen molar-refractivity contribution in [3.63, 3.8) is 0 Å². The van der Waals surface area contributed by atoms with E-state index in [1.165, 1.54) is 71.6 Å². The Morgan fingerprint density at radius 1 is 0.278 bits per heavy atom. The third-order valence-corrected chi connectivity index (χ3v) is 10.6. The summed E-state index contributed by atoms with van der Waals surface area (Å²) in [5, 5.41) is 5.00. The van der Waals surface area contributed by atoms with Crippen LogP contribution in [0.15, 0.2) is 218 Å². The SMILES string of the molecule is c1ccc(-c2ccc3cc(-c4ccc(N(c5ccccc5)c5ccc(-c6ccc7c(c6)c6ccccc6n7-c6ccccc6)cc5)cc4)ccc3c2)cc1. The highest BCUT2D eigenvalue weighted by atomic mass is 15.1. The van der Waals surface area contributed by atoms with Gasteiger partial charge in [0.1, 0.15) is 0 Å². The van der Waals surface area contributed by atoms with Crippen LogP contribution in [0.4, 0.5) is 17.1 Å². The van der Waals surface area contributed by atoms with E-state index in [0.29, 0.717) is 0 Å². The van der Waals surface area contributed by atoms with E-state index in [1.807, 2.05) is 0 Å². The van der Waals surface area contributed by atoms with Crippen LogP contribution in [-0.2, 0) is 0 Å². The predicted molar refractivity (Wildman–Crippen MR) is 229 cm³/mol. The number of nitrogens with zero attached hydrogens (tertiary/aromatic N) is 2. The smallest absolute Gasteiger partial charge is 0.0541 e. The van der Waals surface area contributed by atoms with E-state index in [2.05, 4.69) is 228 Å². The van der Waals surface area contributed by atoms with Gasteiger partial charge in [-0.25, -0.2) is 0 Å². The summed E-state index contributed by atoms with van der Waals surface area (Å²) in [5.41, 5.74) is 14.2. The minimum absolute atomic E-state index is 1.11. The molecular weight excluding hydrogens is 653 g/mol. The monoisotopic (exact) mass is 688 g/mol. The fourth-order valence-electron chi connectivity index (χ4n) is 7.87. The van der Waals surface area contributed by atoms with Crippen LogP contribution in [0.5, 0.6) is 0 Å². The summed E-state index contributed by atoms with van der Waals surface area (Å²) in [6.45, 7) is 0. The van der Waals surface area contributed by atoms with Gasteiger partial charge in [0.25, 0.3) is 0 Å². The molecule has 1 aromatic heterocycles. The summed E-state index contributed by atoms with van der Waals surface area (Å²) >= 11 is 0. The van der Waals surface area contributed by atoms with Gasteiger partial charge >= 0.3 is 0 Å². The zero-order valence-corrected chi connectivity index (χ0v) is 29.7. The molecule has 1 heterocycles. The van der Waals surface area contributed by atoms with E-state index in [-0.39, 0.29) is 0 Å². The predicted octanol–water partition coefficient (Wildman–Crippen LogP) is 14.4. The largest absolute Gasteiger partial charge is 0.311 e. The molecule has 254 valence electrons. The molecule has 0 unspecified atom stereocenters. The maximum Gasteiger partial charge on any atom is 0.0541 e. The van der Waals surface area contributed by atoms with Gasteiger partial charge in [-0.1, -0.05) is 140 Å². The van der Waals surface area contributed by atoms with Crippen molar-refractivity contribution in [1.29, 1.82) is 0 Å². The number of para-hydroxylation sites is 3. The van der Waals surface area contributed by atoms with Crippen molar-refractivity contribution >= 4 is 49.6 Å². The molecule has 10 rings (SSSR count). The number of aromatic nitrogens is 1. The van der Waals surface area contributed by atoms with Crippen LogP contribution in [0, 0.1) is 0 Å². The third kappa shape index (κ3) is 5.71. The van der Waals surface area contributed by atoms with Crippen molar-refractivity contribution < 1.29 is 0 Å². The quantitative estimate of drug-likeness (QED) is 0.162. The zero-order chi connectivity index (χ0) is 35.8. The lowest BCUT2D eigenvalue weighted by Crippen LogP contribution is -2.09. The molecular formula is C52H36N2. The van der Waals surface area contributed by atoms with Gasteiger partial charge in [0, 0.05) is 33.5 Å². The van der Waals surface area contributed by atoms with Crippen LogP contribution >= 0.6 is 0 Å². The number of hydrogen-bond donors (Lipinski definition) is 0. The molecule has 0 atom stereocenters. The first kappa shape index (κ1) is 31.6. The average molecular weight is 689 g/mol. The molecule has 0 aliphatic heterocycles. The van der Waals surface area contributed by atoms with Crippen molar-refractivity contribution in [1.82, 2.24) is 4.57 Å². The fraction of sp³-hybridized carbons (Fsp3) is 0. The Labute approximate surface area is 315 Å². The minimum atomic E-state index is 1.11. The lowest BCUT2D eigenvalue weighted by molar-refractivity contribution is 1.18. The molecule has 10 aromatic rings. The molecule has 0 radical (unpaired) electrons. The van der Waals surface area contributed by atoms with Gasteiger partial charge in [0.05, 0.1) is 11.0 Å². The van der Waals surface area contributed by atoms with E-state index in [9.17, 15) is 0 Å². The summed E-state index contributed by atoms with van der Waals surface area (Å²) in [4.78, 5) is 2.33. The number of anilines is 3. The first-order valence-electron chi connectivity index (χ1n) is 18.5. The van der Waals surface area contributed by atoms with Crippen LogP contribution in [0.2, 0.25) is 0 Å². The van der Waals surface area contributed by atoms with E-state index in [1.54, 1.807) is 0 Å². The summed E-state index contributed by atoms with van der Waals surface area (Å²) in [5.74, 6) is 0. The molecule has 2 nitrogen and oxygen atoms in total. The topological polar surface area (TPSA) is 8.17 Å². The lowest BCUT2D eigenvalue weighted by atomic mass is 9.97. The maximum absolute atomic E-state index is 2.36. The third-order valence-electron chi connectivity index (χ3n) is 10.6. The number of rotatable bonds is 7. The van der Waals surface area contributed by atoms with Gasteiger partial charge in [-0.15, -0.1) is 0 Å². The van der Waals surface area contributed by atoms with Crippen molar-refractivity contribution in [2.24, 2.45) is 0 Å². The standard InChI is InChI=1S/C52H36N2/c1-4-12-37(13-5-1)40-20-22-43-35-41(21-23-42(43)34-40)38-24-29-47(30-25-38)53(45-14-6-2-7-15-45)48-31-26-39(27-32-48)44-28-33-52-50(36-44)49-18-10-11-19-51(49)54(52)46-16-8-3-9-17-46/h1-36H. The van der Waals surface area contributed by atoms with E-state index in [0.717, 1.165) is 17.1 Å². The highest BCUT2D eigenvalue weighted by Gasteiger charge is 2.15. The van der Waals surface area contributed by atoms with Gasteiger partial charge in [-0.05, 0) is 123 Å². The highest BCUT2D eigenvalue weighted by Crippen LogP contribution is 2.39. The van der Waals surface area contributed by atoms with Gasteiger partial charge in [-0.3, -0.25) is 0 Å². The molecule has 9 aromatic carbocycles. The van der Waals surface area contributed by atoms with Crippen molar-refractivity contribution in [2.45, 2.75) is 0 Å². The zero-order valence-electron chi connectivity index (χ0n) is 29.7. The Balaban J connectivity index is 0.970. The number of fused-ring (bicyclic) bond motifs is 4. The van der Waals surface area contributed by atoms with Gasteiger partial charge in [0.2, 0.25) is 0 Å². The molecule has 2 heteroatoms. The van der Waals surface area contributed by atoms with Crippen LogP contribution < -0.4 is 4.90 Å². The molecule has 0 spiro atoms. The molecule has 0 saturated carbocycles. The first-order chi connectivity index (χ1) is 26.8. The van der Waals surface area contributed by atoms with Crippen LogP contribution in [0.1, 0.15) is 0 Å². The summed E-state index contributed by atoms with van der Waals surface area (Å²) in [6.07, 6.45) is 0. The van der Waals surface area contributed by atoms with Crippen LogP contribution in [0.3, 0.4) is 0 Å². The molecule has 0 saturated heterocycles. The van der Waals surface area contributed by atoms with E-state index in [4.69, 9.17) is 0 Å². The van der Waals surface area contributed by atoms with Gasteiger partial charge < -0.3 is 9.47 Å². The second-order valence-electron chi connectivity index (χ2n) is 13.8. The van der Waals surface area contributed by atoms with Crippen molar-refractivity contribution in [3.8, 4) is 39.1 Å². The highest BCUT2D eigenvalue weighted by molar-refractivity contribution is 6.10. The molecule has 0 N–H and O–H groups in total. The van der Waals surface area contributed by atoms with E-state index >= 15 is 0 Å². The van der Waals surface area contributed by atoms with Gasteiger partial charge in [0.15, 0.2) is 0 Å². The Bertz CT molecular complexity index is 2890. The van der Waals surface area contributed by atoms with Crippen LogP contribution in [0.25, 0.3) is 71.6 Å². The minimum Gasteiger partial charge on any atom is -0.311 e. The van der Waals surface area contributed by atoms with Gasteiger partial charge in [-0.2, -0.15) is 0 Å². The molecule has 0 aliphatic rings. The fourth-order valence-corrected chi connectivity index (χ4v) is 7.87. The Hall–Kier alpha value is -7.16. The average Bonchev–Trinajstić information content (AvgIpc) is 3.59. The Morgan fingerprint density at radius 2 is 0.704 bits per heavy atom. The molecule has 0 bridgehead atoms. The maximum atomic E-state index is 2.36. The summed E-state index contributed by atoms with van der Waals surface area (Å²) < 4.78 is 2.36. The molecule has 0 amide bonds. The molecule has 0 fully saturated rings. The Morgan fingerprint density at radius 3 is 1.31 bits per heavy atom. The Kier molecular flexibility index (Phi) is 7.85. The van der Waals surface area contributed by atoms with Crippen molar-refractivity contribution in [3.05, 3.63) is 218 Å². The second kappa shape index (κ2) is 13.4. The number of hydrogen-bond acceptors (Lipinski definition) is 1. The first-order valence-corrected chi connectivity index (χ1v) is 18.5. The number of benzene rings is 9. The molecule has 54 heavy (non-hydrogen) atoms. The van der Waals surface area contributed by atoms with E-state index < -0.39 is 0 Å². The van der Waals surface area contributed by atoms with Crippen molar-refractivity contribution in [2.75, 3.05) is 4.90 Å². The summed E-state index contributed by atoms with van der Waals surface area (Å²) in [7, 11) is 0. The summed E-state index contributed by atoms with van der Waals surface area (Å²) in [6, 6.07) is 78.8. The second-order valence-corrected chi connectivity index (χ2v) is 13.8. The molecule has 0 aliphatic carbocycles. The van der Waals surface area contributed by atoms with Crippen LogP contribution in [-0.4, -0.2) is 4.57 Å². The normalized spacial score (nSPS) is 11.3.